The zero-order valence-electron chi connectivity index (χ0n) is 12.9. The lowest BCUT2D eigenvalue weighted by Gasteiger charge is -2.17. The highest BCUT2D eigenvalue weighted by molar-refractivity contribution is 5.86. The second-order valence-electron chi connectivity index (χ2n) is 4.13. The number of carbonyl (C=O) groups excluding carboxylic acids is 3. The molecule has 0 radical (unpaired) electrons. The van der Waals surface area contributed by atoms with Crippen LogP contribution >= 0.6 is 0 Å². The predicted molar refractivity (Wildman–Crippen MR) is 79.7 cm³/mol. The van der Waals surface area contributed by atoms with Crippen LogP contribution in [0.3, 0.4) is 0 Å². The van der Waals surface area contributed by atoms with Gasteiger partial charge in [0.05, 0.1) is 0 Å². The van der Waals surface area contributed by atoms with Gasteiger partial charge < -0.3 is 23.7 Å². The van der Waals surface area contributed by atoms with Crippen LogP contribution in [0.25, 0.3) is 0 Å². The maximum absolute atomic E-state index is 11.4. The molecule has 0 aliphatic carbocycles. The summed E-state index contributed by atoms with van der Waals surface area (Å²) < 4.78 is 23.7. The molecule has 8 nitrogen and oxygen atoms in total. The fourth-order valence-electron chi connectivity index (χ4n) is 1.03. The van der Waals surface area contributed by atoms with E-state index in [9.17, 15) is 14.4 Å². The molecule has 0 rings (SSSR count). The number of carbonyl (C=O) groups is 3. The van der Waals surface area contributed by atoms with Crippen molar-refractivity contribution in [1.82, 2.24) is 0 Å². The second-order valence-corrected chi connectivity index (χ2v) is 4.13. The maximum atomic E-state index is 11.4. The average molecular weight is 328 g/mol. The Bertz CT molecular complexity index is 454. The molecule has 0 aromatic carbocycles. The van der Waals surface area contributed by atoms with Gasteiger partial charge in [0.25, 0.3) is 0 Å². The number of hydrogen-bond donors (Lipinski definition) is 0. The molecular weight excluding hydrogens is 308 g/mol. The second kappa shape index (κ2) is 11.8. The van der Waals surface area contributed by atoms with Crippen LogP contribution < -0.4 is 0 Å². The summed E-state index contributed by atoms with van der Waals surface area (Å²) in [6.07, 6.45) is -0.364. The van der Waals surface area contributed by atoms with Gasteiger partial charge in [-0.15, -0.1) is 0 Å². The van der Waals surface area contributed by atoms with Gasteiger partial charge in [-0.1, -0.05) is 31.9 Å². The van der Waals surface area contributed by atoms with Crippen LogP contribution in [-0.2, 0) is 28.5 Å². The van der Waals surface area contributed by atoms with Crippen molar-refractivity contribution < 1.29 is 38.1 Å². The molecule has 0 N–H and O–H groups in total. The van der Waals surface area contributed by atoms with Gasteiger partial charge >= 0.3 is 18.3 Å². The molecule has 0 spiro atoms. The number of hydrogen-bond acceptors (Lipinski definition) is 8. The molecule has 0 saturated heterocycles. The summed E-state index contributed by atoms with van der Waals surface area (Å²) in [5, 5.41) is 0. The van der Waals surface area contributed by atoms with Crippen molar-refractivity contribution in [3.63, 3.8) is 0 Å². The van der Waals surface area contributed by atoms with Crippen LogP contribution in [-0.4, -0.2) is 50.8 Å². The van der Waals surface area contributed by atoms with Crippen LogP contribution in [0.4, 0.5) is 9.59 Å². The van der Waals surface area contributed by atoms with Gasteiger partial charge in [0, 0.05) is 5.57 Å². The normalized spacial score (nSPS) is 10.7. The molecule has 0 aliphatic rings. The lowest BCUT2D eigenvalue weighted by atomic mass is 10.3. The highest BCUT2D eigenvalue weighted by Gasteiger charge is 2.20. The Labute approximate surface area is 134 Å². The van der Waals surface area contributed by atoms with Crippen molar-refractivity contribution in [2.24, 2.45) is 0 Å². The summed E-state index contributed by atoms with van der Waals surface area (Å²) in [4.78, 5) is 33.9. The number of esters is 1. The van der Waals surface area contributed by atoms with E-state index in [1.807, 2.05) is 0 Å². The van der Waals surface area contributed by atoms with Gasteiger partial charge in [0.15, 0.2) is 6.10 Å². The SMILES string of the molecule is C=CCOC(=O)OCC(COC(=O)C(=C)C)OC(=O)OCC=C. The Morgan fingerprint density at radius 2 is 1.43 bits per heavy atom. The molecular formula is C15H20O8. The smallest absolute Gasteiger partial charge is 0.458 e. The predicted octanol–water partition coefficient (Wildman–Crippen LogP) is 2.15. The zero-order chi connectivity index (χ0) is 17.7. The Hall–Kier alpha value is -2.77. The lowest BCUT2D eigenvalue weighted by molar-refractivity contribution is -0.143. The molecule has 0 saturated carbocycles. The van der Waals surface area contributed by atoms with Gasteiger partial charge in [-0.05, 0) is 6.92 Å². The summed E-state index contributed by atoms with van der Waals surface area (Å²) in [5.74, 6) is -0.674. The largest absolute Gasteiger partial charge is 0.509 e. The molecule has 0 heterocycles. The first kappa shape index (κ1) is 20.2. The first-order valence-corrected chi connectivity index (χ1v) is 6.58. The summed E-state index contributed by atoms with van der Waals surface area (Å²) in [7, 11) is 0. The monoisotopic (exact) mass is 328 g/mol. The van der Waals surface area contributed by atoms with E-state index in [0.717, 1.165) is 0 Å². The quantitative estimate of drug-likeness (QED) is 0.260. The summed E-state index contributed by atoms with van der Waals surface area (Å²) >= 11 is 0. The molecule has 0 aromatic heterocycles. The molecule has 1 unspecified atom stereocenters. The molecule has 0 aromatic rings. The minimum Gasteiger partial charge on any atom is -0.458 e. The van der Waals surface area contributed by atoms with Gasteiger partial charge in [-0.25, -0.2) is 14.4 Å². The van der Waals surface area contributed by atoms with Crippen LogP contribution in [0, 0.1) is 0 Å². The van der Waals surface area contributed by atoms with Gasteiger partial charge in [-0.2, -0.15) is 0 Å². The van der Waals surface area contributed by atoms with E-state index in [2.05, 4.69) is 29.2 Å². The van der Waals surface area contributed by atoms with E-state index in [1.54, 1.807) is 0 Å². The van der Waals surface area contributed by atoms with E-state index < -0.39 is 24.4 Å². The van der Waals surface area contributed by atoms with E-state index >= 15 is 0 Å². The molecule has 0 amide bonds. The fourth-order valence-corrected chi connectivity index (χ4v) is 1.03. The average Bonchev–Trinajstić information content (AvgIpc) is 2.52. The van der Waals surface area contributed by atoms with Crippen molar-refractivity contribution in [2.45, 2.75) is 13.0 Å². The van der Waals surface area contributed by atoms with Crippen LogP contribution in [0.2, 0.25) is 0 Å². The third-order valence-electron chi connectivity index (χ3n) is 2.04. The molecule has 128 valence electrons. The molecule has 0 fully saturated rings. The van der Waals surface area contributed by atoms with Gasteiger partial charge in [0.2, 0.25) is 0 Å². The fraction of sp³-hybridized carbons (Fsp3) is 0.400. The van der Waals surface area contributed by atoms with Gasteiger partial charge in [-0.3, -0.25) is 0 Å². The van der Waals surface area contributed by atoms with Crippen molar-refractivity contribution in [3.8, 4) is 0 Å². The van der Waals surface area contributed by atoms with E-state index in [-0.39, 0.29) is 32.0 Å². The first-order valence-electron chi connectivity index (χ1n) is 6.58. The number of ether oxygens (including phenoxy) is 5. The molecule has 1 atom stereocenters. The van der Waals surface area contributed by atoms with Crippen LogP contribution in [0.5, 0.6) is 0 Å². The van der Waals surface area contributed by atoms with Gasteiger partial charge in [0.1, 0.15) is 26.4 Å². The molecule has 0 aliphatic heterocycles. The minimum absolute atomic E-state index is 0.0314. The molecule has 0 bridgehead atoms. The highest BCUT2D eigenvalue weighted by Crippen LogP contribution is 2.02. The topological polar surface area (TPSA) is 97.4 Å². The first-order chi connectivity index (χ1) is 10.9. The lowest BCUT2D eigenvalue weighted by Crippen LogP contribution is -2.31. The van der Waals surface area contributed by atoms with Crippen LogP contribution in [0.1, 0.15) is 6.92 Å². The number of rotatable bonds is 10. The third kappa shape index (κ3) is 10.6. The van der Waals surface area contributed by atoms with Crippen molar-refractivity contribution in [2.75, 3.05) is 26.4 Å². The minimum atomic E-state index is -1.06. The summed E-state index contributed by atoms with van der Waals surface area (Å²) in [6.45, 7) is 10.8. The van der Waals surface area contributed by atoms with E-state index in [0.29, 0.717) is 0 Å². The maximum Gasteiger partial charge on any atom is 0.509 e. The Balaban J connectivity index is 4.46. The van der Waals surface area contributed by atoms with Crippen molar-refractivity contribution in [1.29, 1.82) is 0 Å². The molecule has 8 heteroatoms. The Morgan fingerprint density at radius 3 is 1.96 bits per heavy atom. The van der Waals surface area contributed by atoms with Crippen LogP contribution in [0.15, 0.2) is 37.5 Å². The highest BCUT2D eigenvalue weighted by atomic mass is 16.8. The standard InChI is InChI=1S/C15H20O8/c1-5-7-19-14(17)22-10-12(9-21-13(16)11(3)4)23-15(18)20-8-6-2/h5-6,12H,1-3,7-10H2,4H3. The Kier molecular flexibility index (Phi) is 10.4. The summed E-state index contributed by atoms with van der Waals surface area (Å²) in [5.41, 5.74) is 0.171. The Morgan fingerprint density at radius 1 is 0.913 bits per heavy atom. The zero-order valence-corrected chi connectivity index (χ0v) is 12.9. The van der Waals surface area contributed by atoms with E-state index in [1.165, 1.54) is 19.1 Å². The van der Waals surface area contributed by atoms with Crippen molar-refractivity contribution >= 4 is 18.3 Å². The molecule has 23 heavy (non-hydrogen) atoms. The van der Waals surface area contributed by atoms with Crippen molar-refractivity contribution in [3.05, 3.63) is 37.5 Å². The third-order valence-corrected chi connectivity index (χ3v) is 2.04. The summed E-state index contributed by atoms with van der Waals surface area (Å²) in [6, 6.07) is 0. The van der Waals surface area contributed by atoms with E-state index in [4.69, 9.17) is 14.2 Å².